The third-order valence-electron chi connectivity index (χ3n) is 3.61. The smallest absolute Gasteiger partial charge is 0.244 e. The molecular formula is C15H22BrN3O2. The molecule has 1 fully saturated rings. The molecule has 2 rings (SSSR count). The lowest BCUT2D eigenvalue weighted by molar-refractivity contribution is -0.124. The highest BCUT2D eigenvalue weighted by Gasteiger charge is 2.29. The number of carbonyl (C=O) groups is 1. The zero-order valence-electron chi connectivity index (χ0n) is 12.5. The molecule has 0 saturated carbocycles. The van der Waals surface area contributed by atoms with Gasteiger partial charge in [0.05, 0.1) is 13.2 Å². The second-order valence-electron chi connectivity index (χ2n) is 4.95. The highest BCUT2D eigenvalue weighted by Crippen LogP contribution is 2.26. The van der Waals surface area contributed by atoms with Crippen molar-refractivity contribution in [2.75, 3.05) is 38.3 Å². The van der Waals surface area contributed by atoms with Crippen LogP contribution in [0.2, 0.25) is 0 Å². The summed E-state index contributed by atoms with van der Waals surface area (Å²) in [5.74, 6) is -0.0115. The zero-order chi connectivity index (χ0) is 15.2. The summed E-state index contributed by atoms with van der Waals surface area (Å²) in [5, 5.41) is 6.02. The first-order valence-corrected chi connectivity index (χ1v) is 8.01. The number of likely N-dealkylation sites (N-methyl/N-ethyl adjacent to an activating group) is 1. The molecule has 0 aliphatic carbocycles. The molecule has 0 spiro atoms. The van der Waals surface area contributed by atoms with Gasteiger partial charge >= 0.3 is 0 Å². The second kappa shape index (κ2) is 7.77. The fourth-order valence-electron chi connectivity index (χ4n) is 2.41. The van der Waals surface area contributed by atoms with Crippen LogP contribution in [-0.4, -0.2) is 45.3 Å². The van der Waals surface area contributed by atoms with Crippen molar-refractivity contribution in [2.24, 2.45) is 0 Å². The van der Waals surface area contributed by atoms with E-state index in [1.54, 1.807) is 7.05 Å². The number of nitrogens with zero attached hydrogens (tertiary/aromatic N) is 1. The van der Waals surface area contributed by atoms with Crippen molar-refractivity contribution in [3.8, 4) is 0 Å². The molecule has 1 saturated heterocycles. The van der Waals surface area contributed by atoms with Gasteiger partial charge in [-0.25, -0.2) is 0 Å². The van der Waals surface area contributed by atoms with Crippen molar-refractivity contribution in [2.45, 2.75) is 19.5 Å². The molecule has 1 aromatic carbocycles. The van der Waals surface area contributed by atoms with Crippen molar-refractivity contribution in [1.29, 1.82) is 0 Å². The van der Waals surface area contributed by atoms with E-state index in [0.29, 0.717) is 13.2 Å². The molecule has 6 heteroatoms. The number of amides is 1. The standard InChI is InChI=1S/C15H22BrN3O2/c1-3-18-9-11-4-5-12(8-13(11)16)19-6-7-21-10-14(19)15(20)17-2/h4-5,8,14,18H,3,6-7,9-10H2,1-2H3,(H,17,20). The molecule has 0 radical (unpaired) electrons. The molecule has 0 bridgehead atoms. The van der Waals surface area contributed by atoms with Gasteiger partial charge in [0.15, 0.2) is 0 Å². The van der Waals surface area contributed by atoms with Crippen LogP contribution in [0.4, 0.5) is 5.69 Å². The molecule has 1 aromatic rings. The van der Waals surface area contributed by atoms with E-state index in [9.17, 15) is 4.79 Å². The van der Waals surface area contributed by atoms with Crippen molar-refractivity contribution >= 4 is 27.5 Å². The monoisotopic (exact) mass is 355 g/mol. The maximum atomic E-state index is 12.0. The third-order valence-corrected chi connectivity index (χ3v) is 4.35. The molecule has 0 aromatic heterocycles. The predicted molar refractivity (Wildman–Crippen MR) is 87.5 cm³/mol. The number of ether oxygens (including phenoxy) is 1. The Labute approximate surface area is 134 Å². The SMILES string of the molecule is CCNCc1ccc(N2CCOCC2C(=O)NC)cc1Br. The van der Waals surface area contributed by atoms with Crippen LogP contribution in [0.1, 0.15) is 12.5 Å². The lowest BCUT2D eigenvalue weighted by atomic mass is 10.1. The van der Waals surface area contributed by atoms with Gasteiger partial charge < -0.3 is 20.3 Å². The van der Waals surface area contributed by atoms with Gasteiger partial charge in [-0.3, -0.25) is 4.79 Å². The van der Waals surface area contributed by atoms with E-state index < -0.39 is 0 Å². The largest absolute Gasteiger partial charge is 0.377 e. The van der Waals surface area contributed by atoms with E-state index in [0.717, 1.165) is 29.8 Å². The molecule has 5 nitrogen and oxygen atoms in total. The summed E-state index contributed by atoms with van der Waals surface area (Å²) in [7, 11) is 1.66. The molecule has 1 atom stereocenters. The third kappa shape index (κ3) is 3.96. The molecular weight excluding hydrogens is 334 g/mol. The van der Waals surface area contributed by atoms with Crippen LogP contribution in [0, 0.1) is 0 Å². The number of rotatable bonds is 5. The molecule has 116 valence electrons. The number of nitrogens with one attached hydrogen (secondary N) is 2. The Kier molecular flexibility index (Phi) is 6.02. The Morgan fingerprint density at radius 3 is 3.00 bits per heavy atom. The fourth-order valence-corrected chi connectivity index (χ4v) is 2.92. The highest BCUT2D eigenvalue weighted by molar-refractivity contribution is 9.10. The van der Waals surface area contributed by atoms with E-state index in [4.69, 9.17) is 4.74 Å². The Morgan fingerprint density at radius 1 is 1.52 bits per heavy atom. The zero-order valence-corrected chi connectivity index (χ0v) is 14.1. The molecule has 21 heavy (non-hydrogen) atoms. The van der Waals surface area contributed by atoms with Gasteiger partial charge in [0.1, 0.15) is 6.04 Å². The van der Waals surface area contributed by atoms with Gasteiger partial charge in [-0.1, -0.05) is 28.9 Å². The minimum absolute atomic E-state index is 0.0115. The summed E-state index contributed by atoms with van der Waals surface area (Å²) >= 11 is 3.62. The van der Waals surface area contributed by atoms with Gasteiger partial charge in [-0.15, -0.1) is 0 Å². The lowest BCUT2D eigenvalue weighted by Gasteiger charge is -2.36. The summed E-state index contributed by atoms with van der Waals surface area (Å²) in [6.45, 7) is 5.65. The summed E-state index contributed by atoms with van der Waals surface area (Å²) in [5.41, 5.74) is 2.25. The summed E-state index contributed by atoms with van der Waals surface area (Å²) < 4.78 is 6.50. The molecule has 1 aliphatic rings. The molecule has 2 N–H and O–H groups in total. The van der Waals surface area contributed by atoms with Gasteiger partial charge in [0.25, 0.3) is 0 Å². The normalized spacial score (nSPS) is 18.6. The van der Waals surface area contributed by atoms with Crippen LogP contribution < -0.4 is 15.5 Å². The van der Waals surface area contributed by atoms with Crippen molar-refractivity contribution in [1.82, 2.24) is 10.6 Å². The topological polar surface area (TPSA) is 53.6 Å². The number of halogens is 1. The molecule has 1 heterocycles. The number of anilines is 1. The van der Waals surface area contributed by atoms with Crippen LogP contribution >= 0.6 is 15.9 Å². The van der Waals surface area contributed by atoms with Gasteiger partial charge in [0.2, 0.25) is 5.91 Å². The van der Waals surface area contributed by atoms with Crippen LogP contribution in [-0.2, 0) is 16.1 Å². The molecule has 1 aliphatic heterocycles. The molecule has 1 amide bonds. The average molecular weight is 356 g/mol. The Hall–Kier alpha value is -1.11. The predicted octanol–water partition coefficient (Wildman–Crippen LogP) is 1.51. The van der Waals surface area contributed by atoms with Crippen molar-refractivity contribution in [3.63, 3.8) is 0 Å². The quantitative estimate of drug-likeness (QED) is 0.840. The lowest BCUT2D eigenvalue weighted by Crippen LogP contribution is -2.53. The maximum Gasteiger partial charge on any atom is 0.244 e. The highest BCUT2D eigenvalue weighted by atomic mass is 79.9. The Morgan fingerprint density at radius 2 is 2.33 bits per heavy atom. The summed E-state index contributed by atoms with van der Waals surface area (Å²) in [6.07, 6.45) is 0. The fraction of sp³-hybridized carbons (Fsp3) is 0.533. The van der Waals surface area contributed by atoms with Crippen LogP contribution in [0.25, 0.3) is 0 Å². The van der Waals surface area contributed by atoms with E-state index in [-0.39, 0.29) is 11.9 Å². The van der Waals surface area contributed by atoms with Crippen LogP contribution in [0.15, 0.2) is 22.7 Å². The van der Waals surface area contributed by atoms with E-state index >= 15 is 0 Å². The molecule has 1 unspecified atom stereocenters. The van der Waals surface area contributed by atoms with Gasteiger partial charge in [0, 0.05) is 30.3 Å². The van der Waals surface area contributed by atoms with E-state index in [2.05, 4.69) is 56.6 Å². The Bertz CT molecular complexity index is 496. The summed E-state index contributed by atoms with van der Waals surface area (Å²) in [6, 6.07) is 5.97. The maximum absolute atomic E-state index is 12.0. The van der Waals surface area contributed by atoms with Gasteiger partial charge in [-0.2, -0.15) is 0 Å². The minimum Gasteiger partial charge on any atom is -0.377 e. The van der Waals surface area contributed by atoms with E-state index in [1.807, 2.05) is 0 Å². The first-order chi connectivity index (χ1) is 10.2. The minimum atomic E-state index is -0.268. The number of morpholine rings is 1. The van der Waals surface area contributed by atoms with E-state index in [1.165, 1.54) is 5.56 Å². The van der Waals surface area contributed by atoms with Crippen LogP contribution in [0.3, 0.4) is 0 Å². The van der Waals surface area contributed by atoms with Crippen molar-refractivity contribution in [3.05, 3.63) is 28.2 Å². The first kappa shape index (κ1) is 16.3. The number of benzene rings is 1. The van der Waals surface area contributed by atoms with Crippen LogP contribution in [0.5, 0.6) is 0 Å². The first-order valence-electron chi connectivity index (χ1n) is 7.22. The Balaban J connectivity index is 2.19. The second-order valence-corrected chi connectivity index (χ2v) is 5.81. The van der Waals surface area contributed by atoms with Gasteiger partial charge in [-0.05, 0) is 24.2 Å². The number of carbonyl (C=O) groups excluding carboxylic acids is 1. The summed E-state index contributed by atoms with van der Waals surface area (Å²) in [4.78, 5) is 14.1. The average Bonchev–Trinajstić information content (AvgIpc) is 2.53. The number of hydrogen-bond donors (Lipinski definition) is 2. The number of hydrogen-bond acceptors (Lipinski definition) is 4. The van der Waals surface area contributed by atoms with Crippen molar-refractivity contribution < 1.29 is 9.53 Å².